The van der Waals surface area contributed by atoms with Crippen molar-refractivity contribution in [3.8, 4) is 0 Å². The highest BCUT2D eigenvalue weighted by molar-refractivity contribution is 5.05. The Balaban J connectivity index is 2.19. The molecule has 0 aliphatic carbocycles. The van der Waals surface area contributed by atoms with Gasteiger partial charge in [0.2, 0.25) is 0 Å². The van der Waals surface area contributed by atoms with Crippen molar-refractivity contribution in [3.05, 3.63) is 11.9 Å². The summed E-state index contributed by atoms with van der Waals surface area (Å²) in [5.41, 5.74) is 1.51. The number of rotatable bonds is 5. The van der Waals surface area contributed by atoms with Gasteiger partial charge in [-0.2, -0.15) is 0 Å². The van der Waals surface area contributed by atoms with E-state index in [9.17, 15) is 0 Å². The first-order valence-corrected chi connectivity index (χ1v) is 7.82. The van der Waals surface area contributed by atoms with Crippen molar-refractivity contribution in [2.24, 2.45) is 7.05 Å². The summed E-state index contributed by atoms with van der Waals surface area (Å²) in [5, 5.41) is 12.1. The van der Waals surface area contributed by atoms with Crippen LogP contribution in [0, 0.1) is 0 Å². The van der Waals surface area contributed by atoms with E-state index in [4.69, 9.17) is 0 Å². The van der Waals surface area contributed by atoms with Gasteiger partial charge in [-0.15, -0.1) is 5.10 Å². The van der Waals surface area contributed by atoms with Crippen LogP contribution in [0.25, 0.3) is 0 Å². The summed E-state index contributed by atoms with van der Waals surface area (Å²) >= 11 is 0. The molecule has 0 amide bonds. The molecule has 0 radical (unpaired) electrons. The zero-order chi connectivity index (χ0) is 14.8. The molecule has 114 valence electrons. The van der Waals surface area contributed by atoms with E-state index >= 15 is 0 Å². The standard InChI is InChI=1S/C15H29N5/c1-6-14(4)11-16-15(7-2,8-3)12-20(14)10-13-9-19(5)18-17-13/h9,16H,6-8,10-12H2,1-5H3. The number of hydrogen-bond acceptors (Lipinski definition) is 4. The molecule has 1 atom stereocenters. The first kappa shape index (κ1) is 15.4. The van der Waals surface area contributed by atoms with Gasteiger partial charge in [-0.05, 0) is 26.2 Å². The second-order valence-electron chi connectivity index (χ2n) is 6.43. The zero-order valence-electron chi connectivity index (χ0n) is 13.6. The molecular formula is C15H29N5. The Kier molecular flexibility index (Phi) is 4.49. The van der Waals surface area contributed by atoms with Gasteiger partial charge in [-0.1, -0.05) is 26.0 Å². The molecule has 0 spiro atoms. The van der Waals surface area contributed by atoms with Crippen molar-refractivity contribution < 1.29 is 0 Å². The highest BCUT2D eigenvalue weighted by Gasteiger charge is 2.42. The fourth-order valence-corrected chi connectivity index (χ4v) is 3.08. The van der Waals surface area contributed by atoms with Gasteiger partial charge in [0.25, 0.3) is 0 Å². The SMILES string of the molecule is CCC1(CC)CN(Cc2cn(C)nn2)C(C)(CC)CN1. The topological polar surface area (TPSA) is 46.0 Å². The first-order chi connectivity index (χ1) is 9.47. The van der Waals surface area contributed by atoms with Crippen molar-refractivity contribution in [2.45, 2.75) is 64.6 Å². The lowest BCUT2D eigenvalue weighted by Crippen LogP contribution is -2.68. The average molecular weight is 279 g/mol. The number of nitrogens with zero attached hydrogens (tertiary/aromatic N) is 4. The minimum atomic E-state index is 0.200. The van der Waals surface area contributed by atoms with Gasteiger partial charge in [0.05, 0.1) is 5.69 Å². The normalized spacial score (nSPS) is 26.9. The van der Waals surface area contributed by atoms with E-state index in [0.717, 1.165) is 31.7 Å². The molecule has 1 unspecified atom stereocenters. The molecule has 1 saturated heterocycles. The van der Waals surface area contributed by atoms with Crippen LogP contribution in [0.2, 0.25) is 0 Å². The van der Waals surface area contributed by atoms with Crippen LogP contribution in [0.3, 0.4) is 0 Å². The summed E-state index contributed by atoms with van der Waals surface area (Å²) in [6, 6.07) is 0. The zero-order valence-corrected chi connectivity index (χ0v) is 13.6. The smallest absolute Gasteiger partial charge is 0.0967 e. The third-order valence-corrected chi connectivity index (χ3v) is 5.22. The molecule has 1 N–H and O–H groups in total. The molecule has 2 heterocycles. The summed E-state index contributed by atoms with van der Waals surface area (Å²) in [7, 11) is 1.93. The van der Waals surface area contributed by atoms with E-state index in [1.54, 1.807) is 4.68 Å². The maximum atomic E-state index is 4.26. The average Bonchev–Trinajstić information content (AvgIpc) is 2.87. The van der Waals surface area contributed by atoms with Crippen LogP contribution < -0.4 is 5.32 Å². The van der Waals surface area contributed by atoms with Crippen LogP contribution in [0.5, 0.6) is 0 Å². The van der Waals surface area contributed by atoms with Gasteiger partial charge in [-0.3, -0.25) is 9.58 Å². The van der Waals surface area contributed by atoms with Crippen LogP contribution in [0.1, 0.15) is 52.7 Å². The monoisotopic (exact) mass is 279 g/mol. The number of aryl methyl sites for hydroxylation is 1. The summed E-state index contributed by atoms with van der Waals surface area (Å²) in [5.74, 6) is 0. The quantitative estimate of drug-likeness (QED) is 0.895. The van der Waals surface area contributed by atoms with E-state index in [0.29, 0.717) is 0 Å². The lowest BCUT2D eigenvalue weighted by molar-refractivity contribution is 0.00190. The molecule has 1 aromatic rings. The van der Waals surface area contributed by atoms with Crippen molar-refractivity contribution in [1.82, 2.24) is 25.2 Å². The van der Waals surface area contributed by atoms with Crippen molar-refractivity contribution in [2.75, 3.05) is 13.1 Å². The third kappa shape index (κ3) is 2.88. The minimum absolute atomic E-state index is 0.200. The summed E-state index contributed by atoms with van der Waals surface area (Å²) in [6.45, 7) is 12.2. The fraction of sp³-hybridized carbons (Fsp3) is 0.867. The first-order valence-electron chi connectivity index (χ1n) is 7.82. The number of piperazine rings is 1. The molecule has 1 aromatic heterocycles. The van der Waals surface area contributed by atoms with E-state index in [1.165, 1.54) is 12.8 Å². The van der Waals surface area contributed by atoms with Gasteiger partial charge in [0.1, 0.15) is 0 Å². The van der Waals surface area contributed by atoms with Crippen LogP contribution in [-0.4, -0.2) is 44.1 Å². The third-order valence-electron chi connectivity index (χ3n) is 5.22. The van der Waals surface area contributed by atoms with Gasteiger partial charge in [0, 0.05) is 44.0 Å². The Labute approximate surface area is 122 Å². The Morgan fingerprint density at radius 1 is 1.25 bits per heavy atom. The van der Waals surface area contributed by atoms with Crippen LogP contribution in [0.15, 0.2) is 6.20 Å². The molecule has 5 nitrogen and oxygen atoms in total. The molecule has 1 aliphatic heterocycles. The molecule has 5 heteroatoms. The molecule has 2 rings (SSSR count). The van der Waals surface area contributed by atoms with Crippen LogP contribution in [-0.2, 0) is 13.6 Å². The molecule has 20 heavy (non-hydrogen) atoms. The maximum absolute atomic E-state index is 4.26. The highest BCUT2D eigenvalue weighted by atomic mass is 15.4. The van der Waals surface area contributed by atoms with E-state index in [1.807, 2.05) is 13.2 Å². The molecule has 1 aliphatic rings. The van der Waals surface area contributed by atoms with Crippen molar-refractivity contribution >= 4 is 0 Å². The van der Waals surface area contributed by atoms with Gasteiger partial charge in [-0.25, -0.2) is 0 Å². The second kappa shape index (κ2) is 5.82. The number of aromatic nitrogens is 3. The number of hydrogen-bond donors (Lipinski definition) is 1. The molecule has 1 fully saturated rings. The fourth-order valence-electron chi connectivity index (χ4n) is 3.08. The predicted octanol–water partition coefficient (Wildman–Crippen LogP) is 1.95. The number of nitrogens with one attached hydrogen (secondary N) is 1. The Bertz CT molecular complexity index is 437. The van der Waals surface area contributed by atoms with E-state index < -0.39 is 0 Å². The van der Waals surface area contributed by atoms with Crippen molar-refractivity contribution in [1.29, 1.82) is 0 Å². The van der Waals surface area contributed by atoms with Crippen LogP contribution >= 0.6 is 0 Å². The molecular weight excluding hydrogens is 250 g/mol. The lowest BCUT2D eigenvalue weighted by Gasteiger charge is -2.53. The van der Waals surface area contributed by atoms with Crippen molar-refractivity contribution in [3.63, 3.8) is 0 Å². The Hall–Kier alpha value is -0.940. The minimum Gasteiger partial charge on any atom is -0.308 e. The van der Waals surface area contributed by atoms with Gasteiger partial charge >= 0.3 is 0 Å². The molecule has 0 saturated carbocycles. The molecule has 0 bridgehead atoms. The molecule has 0 aromatic carbocycles. The summed E-state index contributed by atoms with van der Waals surface area (Å²) in [6.07, 6.45) is 5.50. The van der Waals surface area contributed by atoms with E-state index in [2.05, 4.69) is 48.2 Å². The second-order valence-corrected chi connectivity index (χ2v) is 6.43. The Morgan fingerprint density at radius 2 is 1.95 bits per heavy atom. The lowest BCUT2D eigenvalue weighted by atomic mass is 9.83. The summed E-state index contributed by atoms with van der Waals surface area (Å²) in [4.78, 5) is 2.60. The predicted molar refractivity (Wildman–Crippen MR) is 81.4 cm³/mol. The highest BCUT2D eigenvalue weighted by Crippen LogP contribution is 2.31. The Morgan fingerprint density at radius 3 is 2.45 bits per heavy atom. The van der Waals surface area contributed by atoms with Gasteiger partial charge in [0.15, 0.2) is 0 Å². The largest absolute Gasteiger partial charge is 0.308 e. The maximum Gasteiger partial charge on any atom is 0.0967 e. The van der Waals surface area contributed by atoms with Gasteiger partial charge < -0.3 is 5.32 Å². The summed E-state index contributed by atoms with van der Waals surface area (Å²) < 4.78 is 1.79. The van der Waals surface area contributed by atoms with Crippen LogP contribution in [0.4, 0.5) is 0 Å². The van der Waals surface area contributed by atoms with E-state index in [-0.39, 0.29) is 11.1 Å².